The third-order valence-corrected chi connectivity index (χ3v) is 4.05. The van der Waals surface area contributed by atoms with Gasteiger partial charge >= 0.3 is 11.8 Å². The van der Waals surface area contributed by atoms with E-state index in [1.807, 2.05) is 5.32 Å². The summed E-state index contributed by atoms with van der Waals surface area (Å²) < 4.78 is 37.7. The molecule has 11 nitrogen and oxygen atoms in total. The Morgan fingerprint density at radius 1 is 1.22 bits per heavy atom. The molecule has 0 spiro atoms. The molecule has 0 saturated heterocycles. The first-order valence-corrected chi connectivity index (χ1v) is 8.84. The number of halogens is 2. The normalized spacial score (nSPS) is 10.6. The van der Waals surface area contributed by atoms with Crippen LogP contribution in [-0.4, -0.2) is 38.2 Å². The monoisotopic (exact) mass is 447 g/mol. The zero-order chi connectivity index (χ0) is 23.3. The van der Waals surface area contributed by atoms with Gasteiger partial charge in [0.25, 0.3) is 0 Å². The highest BCUT2D eigenvalue weighted by Gasteiger charge is 2.23. The number of nitro groups is 1. The lowest BCUT2D eigenvalue weighted by Gasteiger charge is -2.11. The Balaban J connectivity index is 1.86. The zero-order valence-corrected chi connectivity index (χ0v) is 16.4. The van der Waals surface area contributed by atoms with Crippen LogP contribution < -0.4 is 10.1 Å². The van der Waals surface area contributed by atoms with E-state index in [1.54, 1.807) is 0 Å². The predicted octanol–water partition coefficient (Wildman–Crippen LogP) is 3.54. The number of carboxylic acid groups (broad SMARTS) is 1. The van der Waals surface area contributed by atoms with E-state index in [-0.39, 0.29) is 41.9 Å². The van der Waals surface area contributed by atoms with Crippen molar-refractivity contribution in [3.05, 3.63) is 69.7 Å². The molecular formula is C19H15F2N5O6. The largest absolute Gasteiger partial charge is 0.490 e. The summed E-state index contributed by atoms with van der Waals surface area (Å²) in [6.07, 6.45) is 0.448. The third-order valence-electron chi connectivity index (χ3n) is 4.05. The van der Waals surface area contributed by atoms with Gasteiger partial charge < -0.3 is 14.6 Å². The Morgan fingerprint density at radius 2 is 1.94 bits per heavy atom. The van der Waals surface area contributed by atoms with Crippen molar-refractivity contribution in [1.29, 1.82) is 0 Å². The van der Waals surface area contributed by atoms with Gasteiger partial charge in [-0.05, 0) is 23.8 Å². The van der Waals surface area contributed by atoms with E-state index in [9.17, 15) is 23.7 Å². The van der Waals surface area contributed by atoms with Crippen LogP contribution in [0.15, 0.2) is 36.7 Å². The summed E-state index contributed by atoms with van der Waals surface area (Å²) in [5.74, 6) is -1.62. The maximum atomic E-state index is 13.9. The van der Waals surface area contributed by atoms with E-state index in [0.717, 1.165) is 24.5 Å². The number of nitro benzene ring substituents is 1. The lowest BCUT2D eigenvalue weighted by atomic mass is 10.1. The first-order chi connectivity index (χ1) is 15.3. The summed E-state index contributed by atoms with van der Waals surface area (Å²) >= 11 is 0. The number of carbonyl (C=O) groups is 1. The van der Waals surface area contributed by atoms with Gasteiger partial charge in [-0.15, -0.1) is 0 Å². The molecule has 2 aromatic heterocycles. The number of benzene rings is 1. The highest BCUT2D eigenvalue weighted by Crippen LogP contribution is 2.37. The van der Waals surface area contributed by atoms with Crippen molar-refractivity contribution in [2.75, 3.05) is 12.4 Å². The molecule has 1 amide bonds. The van der Waals surface area contributed by atoms with E-state index in [2.05, 4.69) is 15.0 Å². The SMILES string of the molecule is COc1c(-c2ncc(F)cn2)cc(COCc2nc(NC(=O)O)ccc2F)cc1[N+](=O)[O-]. The number of nitrogens with one attached hydrogen (secondary N) is 1. The highest BCUT2D eigenvalue weighted by molar-refractivity contribution is 5.81. The quantitative estimate of drug-likeness (QED) is 0.390. The average Bonchev–Trinajstić information content (AvgIpc) is 2.75. The van der Waals surface area contributed by atoms with Crippen LogP contribution in [0.1, 0.15) is 11.3 Å². The zero-order valence-electron chi connectivity index (χ0n) is 16.4. The smallest absolute Gasteiger partial charge is 0.410 e. The topological polar surface area (TPSA) is 150 Å². The van der Waals surface area contributed by atoms with E-state index < -0.39 is 28.3 Å². The number of ether oxygens (including phenoxy) is 2. The minimum atomic E-state index is -1.36. The number of pyridine rings is 1. The molecule has 2 N–H and O–H groups in total. The molecule has 0 saturated carbocycles. The van der Waals surface area contributed by atoms with Crippen LogP contribution >= 0.6 is 0 Å². The molecule has 0 unspecified atom stereocenters. The van der Waals surface area contributed by atoms with Gasteiger partial charge in [0.15, 0.2) is 11.6 Å². The van der Waals surface area contributed by atoms with Gasteiger partial charge in [-0.25, -0.2) is 28.5 Å². The average molecular weight is 447 g/mol. The Bertz CT molecular complexity index is 1160. The molecule has 13 heteroatoms. The number of rotatable bonds is 8. The molecule has 0 aliphatic rings. The van der Waals surface area contributed by atoms with E-state index >= 15 is 0 Å². The molecule has 3 aromatic rings. The van der Waals surface area contributed by atoms with Crippen LogP contribution in [0.4, 0.5) is 25.1 Å². The second-order valence-corrected chi connectivity index (χ2v) is 6.23. The maximum Gasteiger partial charge on any atom is 0.410 e. The summed E-state index contributed by atoms with van der Waals surface area (Å²) in [6.45, 7) is -0.542. The number of anilines is 1. The Labute approximate surface area is 178 Å². The number of methoxy groups -OCH3 is 1. The summed E-state index contributed by atoms with van der Waals surface area (Å²) in [4.78, 5) is 33.0. The molecular weight excluding hydrogens is 432 g/mol. The minimum absolute atomic E-state index is 0.00615. The van der Waals surface area contributed by atoms with Crippen LogP contribution in [0.25, 0.3) is 11.4 Å². The van der Waals surface area contributed by atoms with Crippen molar-refractivity contribution in [3.63, 3.8) is 0 Å². The fourth-order valence-corrected chi connectivity index (χ4v) is 2.75. The van der Waals surface area contributed by atoms with Gasteiger partial charge in [-0.1, -0.05) is 0 Å². The highest BCUT2D eigenvalue weighted by atomic mass is 19.1. The third kappa shape index (κ3) is 5.26. The van der Waals surface area contributed by atoms with Crippen LogP contribution in [0.2, 0.25) is 0 Å². The molecule has 3 rings (SSSR count). The van der Waals surface area contributed by atoms with Crippen LogP contribution in [0.3, 0.4) is 0 Å². The summed E-state index contributed by atoms with van der Waals surface area (Å²) in [5, 5.41) is 22.2. The second kappa shape index (κ2) is 9.70. The molecule has 0 aliphatic carbocycles. The van der Waals surface area contributed by atoms with Crippen molar-refractivity contribution in [1.82, 2.24) is 15.0 Å². The van der Waals surface area contributed by atoms with E-state index in [4.69, 9.17) is 14.6 Å². The van der Waals surface area contributed by atoms with Crippen molar-refractivity contribution < 1.29 is 33.1 Å². The lowest BCUT2D eigenvalue weighted by molar-refractivity contribution is -0.385. The molecule has 2 heterocycles. The van der Waals surface area contributed by atoms with Gasteiger partial charge in [0, 0.05) is 6.07 Å². The lowest BCUT2D eigenvalue weighted by Crippen LogP contribution is -2.10. The van der Waals surface area contributed by atoms with Gasteiger partial charge in [0.05, 0.1) is 43.2 Å². The van der Waals surface area contributed by atoms with Gasteiger partial charge in [0.2, 0.25) is 5.75 Å². The Kier molecular flexibility index (Phi) is 6.80. The Morgan fingerprint density at radius 3 is 2.56 bits per heavy atom. The van der Waals surface area contributed by atoms with Crippen molar-refractivity contribution in [2.24, 2.45) is 0 Å². The summed E-state index contributed by atoms with van der Waals surface area (Å²) in [5.41, 5.74) is -0.118. The summed E-state index contributed by atoms with van der Waals surface area (Å²) in [7, 11) is 1.23. The number of hydrogen-bond acceptors (Lipinski definition) is 8. The Hall–Kier alpha value is -4.26. The van der Waals surface area contributed by atoms with Crippen molar-refractivity contribution in [2.45, 2.75) is 13.2 Å². The van der Waals surface area contributed by atoms with Crippen LogP contribution in [0.5, 0.6) is 5.75 Å². The number of aromatic nitrogens is 3. The molecule has 0 radical (unpaired) electrons. The molecule has 32 heavy (non-hydrogen) atoms. The van der Waals surface area contributed by atoms with E-state index in [0.29, 0.717) is 5.56 Å². The maximum absolute atomic E-state index is 13.9. The van der Waals surface area contributed by atoms with Crippen LogP contribution in [-0.2, 0) is 18.0 Å². The first-order valence-electron chi connectivity index (χ1n) is 8.84. The van der Waals surface area contributed by atoms with Gasteiger partial charge in [-0.2, -0.15) is 0 Å². The molecule has 0 aliphatic heterocycles. The van der Waals surface area contributed by atoms with Gasteiger partial charge in [0.1, 0.15) is 17.3 Å². The number of amides is 1. The first kappa shape index (κ1) is 22.4. The van der Waals surface area contributed by atoms with Gasteiger partial charge in [-0.3, -0.25) is 15.4 Å². The van der Waals surface area contributed by atoms with Crippen LogP contribution in [0, 0.1) is 21.7 Å². The van der Waals surface area contributed by atoms with E-state index in [1.165, 1.54) is 19.2 Å². The number of hydrogen-bond donors (Lipinski definition) is 2. The fraction of sp³-hybridized carbons (Fsp3) is 0.158. The molecule has 0 bridgehead atoms. The predicted molar refractivity (Wildman–Crippen MR) is 105 cm³/mol. The standard InChI is InChI=1S/C19H15F2N5O6/c1-31-17-12(18-22-6-11(20)7-23-18)4-10(5-15(17)26(29)30)8-32-9-14-13(21)2-3-16(24-14)25-19(27)28/h2-7H,8-9H2,1H3,(H,24,25)(H,27,28). The minimum Gasteiger partial charge on any atom is -0.490 e. The number of nitrogens with zero attached hydrogens (tertiary/aromatic N) is 4. The summed E-state index contributed by atoms with van der Waals surface area (Å²) in [6, 6.07) is 4.84. The van der Waals surface area contributed by atoms with Crippen molar-refractivity contribution in [3.8, 4) is 17.1 Å². The molecule has 0 fully saturated rings. The molecule has 0 atom stereocenters. The molecule has 1 aromatic carbocycles. The fourth-order valence-electron chi connectivity index (χ4n) is 2.75. The van der Waals surface area contributed by atoms with Crippen molar-refractivity contribution >= 4 is 17.6 Å². The second-order valence-electron chi connectivity index (χ2n) is 6.23. The molecule has 166 valence electrons.